The van der Waals surface area contributed by atoms with E-state index in [-0.39, 0.29) is 0 Å². The topological polar surface area (TPSA) is 64.3 Å². The van der Waals surface area contributed by atoms with Gasteiger partial charge in [0.1, 0.15) is 0 Å². The Hall–Kier alpha value is -1.03. The number of primary amides is 1. The molecule has 0 heterocycles. The van der Waals surface area contributed by atoms with Crippen molar-refractivity contribution in [3.8, 4) is 0 Å². The monoisotopic (exact) mass is 158 g/mol. The average molecular weight is 158 g/mol. The first-order valence-corrected chi connectivity index (χ1v) is 3.41. The zero-order chi connectivity index (χ0) is 8.69. The first-order chi connectivity index (χ1) is 5.22. The van der Waals surface area contributed by atoms with E-state index in [9.17, 15) is 4.79 Å². The third-order valence-corrected chi connectivity index (χ3v) is 1.18. The fourth-order valence-electron chi connectivity index (χ4n) is 0.619. The Balaban J connectivity index is 3.63. The van der Waals surface area contributed by atoms with Crippen LogP contribution in [0.3, 0.4) is 0 Å². The molecule has 0 aliphatic rings. The summed E-state index contributed by atoms with van der Waals surface area (Å²) < 4.78 is 4.77. The molecule has 0 aromatic carbocycles. The molecule has 0 aliphatic carbocycles. The smallest absolute Gasteiger partial charge is 0.264 e. The minimum atomic E-state index is -0.441. The van der Waals surface area contributed by atoms with Crippen molar-refractivity contribution in [1.29, 1.82) is 0 Å². The van der Waals surface area contributed by atoms with Gasteiger partial charge in [-0.05, 0) is 6.92 Å². The maximum atomic E-state index is 10.6. The van der Waals surface area contributed by atoms with E-state index in [1.54, 1.807) is 20.1 Å². The summed E-state index contributed by atoms with van der Waals surface area (Å²) in [5, 5.41) is 2.83. The number of allylic oxidation sites excluding steroid dienone is 1. The molecule has 11 heavy (non-hydrogen) atoms. The second kappa shape index (κ2) is 5.73. The molecule has 0 atom stereocenters. The predicted octanol–water partition coefficient (Wildman–Crippen LogP) is -0.388. The molecule has 4 heteroatoms. The van der Waals surface area contributed by atoms with E-state index in [4.69, 9.17) is 10.5 Å². The number of amides is 1. The minimum Gasteiger partial charge on any atom is -0.383 e. The van der Waals surface area contributed by atoms with Crippen LogP contribution in [-0.2, 0) is 9.53 Å². The molecule has 0 aromatic heterocycles. The molecular formula is C7H14N2O2. The van der Waals surface area contributed by atoms with Gasteiger partial charge in [-0.15, -0.1) is 0 Å². The summed E-state index contributed by atoms with van der Waals surface area (Å²) in [6.45, 7) is 2.91. The summed E-state index contributed by atoms with van der Waals surface area (Å²) >= 11 is 0. The molecule has 0 fully saturated rings. The van der Waals surface area contributed by atoms with Gasteiger partial charge >= 0.3 is 0 Å². The van der Waals surface area contributed by atoms with Crippen LogP contribution in [0, 0.1) is 0 Å². The fraction of sp³-hybridized carbons (Fsp3) is 0.571. The van der Waals surface area contributed by atoms with Gasteiger partial charge in [-0.1, -0.05) is 6.08 Å². The average Bonchev–Trinajstić information content (AvgIpc) is 1.97. The van der Waals surface area contributed by atoms with Crippen LogP contribution in [-0.4, -0.2) is 26.2 Å². The maximum absolute atomic E-state index is 10.6. The third kappa shape index (κ3) is 4.38. The summed E-state index contributed by atoms with van der Waals surface area (Å²) in [5.74, 6) is -0.441. The molecule has 0 saturated carbocycles. The van der Waals surface area contributed by atoms with Crippen LogP contribution < -0.4 is 11.1 Å². The highest BCUT2D eigenvalue weighted by Crippen LogP contribution is 1.84. The van der Waals surface area contributed by atoms with E-state index in [0.29, 0.717) is 18.8 Å². The van der Waals surface area contributed by atoms with Crippen LogP contribution in [0.25, 0.3) is 0 Å². The Labute approximate surface area is 66.4 Å². The lowest BCUT2D eigenvalue weighted by Gasteiger charge is -2.05. The van der Waals surface area contributed by atoms with Gasteiger partial charge in [0.2, 0.25) is 0 Å². The summed E-state index contributed by atoms with van der Waals surface area (Å²) in [6, 6.07) is 0. The highest BCUT2D eigenvalue weighted by atomic mass is 16.5. The van der Waals surface area contributed by atoms with Crippen molar-refractivity contribution >= 4 is 5.91 Å². The molecule has 0 rings (SSSR count). The Morgan fingerprint density at radius 3 is 2.73 bits per heavy atom. The molecule has 0 radical (unpaired) electrons. The standard InChI is InChI=1S/C7H14N2O2/c1-3-6(7(8)10)9-4-5-11-2/h3,9H,4-5H2,1-2H3,(H2,8,10). The fourth-order valence-corrected chi connectivity index (χ4v) is 0.619. The predicted molar refractivity (Wildman–Crippen MR) is 42.8 cm³/mol. The van der Waals surface area contributed by atoms with Gasteiger partial charge in [-0.3, -0.25) is 4.79 Å². The first-order valence-electron chi connectivity index (χ1n) is 3.41. The van der Waals surface area contributed by atoms with Crippen molar-refractivity contribution in [3.05, 3.63) is 11.8 Å². The lowest BCUT2D eigenvalue weighted by Crippen LogP contribution is -2.28. The second-order valence-corrected chi connectivity index (χ2v) is 1.99. The maximum Gasteiger partial charge on any atom is 0.264 e. The van der Waals surface area contributed by atoms with Gasteiger partial charge < -0.3 is 15.8 Å². The van der Waals surface area contributed by atoms with Crippen molar-refractivity contribution in [1.82, 2.24) is 5.32 Å². The SMILES string of the molecule is CC=C(NCCOC)C(N)=O. The zero-order valence-corrected chi connectivity index (χ0v) is 6.89. The molecule has 0 unspecified atom stereocenters. The van der Waals surface area contributed by atoms with Crippen LogP contribution in [0.4, 0.5) is 0 Å². The zero-order valence-electron chi connectivity index (χ0n) is 6.89. The van der Waals surface area contributed by atoms with Gasteiger partial charge in [-0.2, -0.15) is 0 Å². The normalized spacial score (nSPS) is 11.3. The molecule has 4 nitrogen and oxygen atoms in total. The van der Waals surface area contributed by atoms with Gasteiger partial charge in [-0.25, -0.2) is 0 Å². The number of carbonyl (C=O) groups is 1. The van der Waals surface area contributed by atoms with Gasteiger partial charge in [0.15, 0.2) is 0 Å². The quantitative estimate of drug-likeness (QED) is 0.423. The Morgan fingerprint density at radius 2 is 2.36 bits per heavy atom. The van der Waals surface area contributed by atoms with E-state index in [1.165, 1.54) is 0 Å². The van der Waals surface area contributed by atoms with Crippen molar-refractivity contribution in [2.75, 3.05) is 20.3 Å². The summed E-state index contributed by atoms with van der Waals surface area (Å²) in [5.41, 5.74) is 5.45. The summed E-state index contributed by atoms with van der Waals surface area (Å²) in [4.78, 5) is 10.6. The Bertz CT molecular complexity index is 155. The van der Waals surface area contributed by atoms with Crippen molar-refractivity contribution in [3.63, 3.8) is 0 Å². The van der Waals surface area contributed by atoms with Gasteiger partial charge in [0, 0.05) is 13.7 Å². The van der Waals surface area contributed by atoms with E-state index in [2.05, 4.69) is 5.32 Å². The minimum absolute atomic E-state index is 0.432. The summed E-state index contributed by atoms with van der Waals surface area (Å²) in [6.07, 6.45) is 1.64. The number of nitrogens with one attached hydrogen (secondary N) is 1. The van der Waals surface area contributed by atoms with Crippen molar-refractivity contribution in [2.24, 2.45) is 5.73 Å². The summed E-state index contributed by atoms with van der Waals surface area (Å²) in [7, 11) is 1.60. The number of methoxy groups -OCH3 is 1. The molecule has 64 valence electrons. The Kier molecular flexibility index (Phi) is 5.20. The Morgan fingerprint density at radius 1 is 1.73 bits per heavy atom. The number of hydrogen-bond acceptors (Lipinski definition) is 3. The molecule has 0 spiro atoms. The van der Waals surface area contributed by atoms with E-state index < -0.39 is 5.91 Å². The number of nitrogens with two attached hydrogens (primary N) is 1. The number of ether oxygens (including phenoxy) is 1. The lowest BCUT2D eigenvalue weighted by atomic mass is 10.4. The highest BCUT2D eigenvalue weighted by molar-refractivity contribution is 5.91. The molecule has 0 bridgehead atoms. The largest absolute Gasteiger partial charge is 0.383 e. The van der Waals surface area contributed by atoms with Gasteiger partial charge in [0.25, 0.3) is 5.91 Å². The molecular weight excluding hydrogens is 144 g/mol. The molecule has 0 aromatic rings. The first kappa shape index (κ1) is 9.97. The second-order valence-electron chi connectivity index (χ2n) is 1.99. The number of hydrogen-bond donors (Lipinski definition) is 2. The van der Waals surface area contributed by atoms with Crippen LogP contribution in [0.2, 0.25) is 0 Å². The van der Waals surface area contributed by atoms with E-state index >= 15 is 0 Å². The number of rotatable bonds is 5. The van der Waals surface area contributed by atoms with Crippen molar-refractivity contribution in [2.45, 2.75) is 6.92 Å². The number of carbonyl (C=O) groups excluding carboxylic acids is 1. The van der Waals surface area contributed by atoms with E-state index in [0.717, 1.165) is 0 Å². The lowest BCUT2D eigenvalue weighted by molar-refractivity contribution is -0.114. The van der Waals surface area contributed by atoms with Crippen molar-refractivity contribution < 1.29 is 9.53 Å². The van der Waals surface area contributed by atoms with Crippen LogP contribution >= 0.6 is 0 Å². The van der Waals surface area contributed by atoms with E-state index in [1.807, 2.05) is 0 Å². The molecule has 3 N–H and O–H groups in total. The highest BCUT2D eigenvalue weighted by Gasteiger charge is 1.99. The van der Waals surface area contributed by atoms with Crippen LogP contribution in [0.1, 0.15) is 6.92 Å². The third-order valence-electron chi connectivity index (χ3n) is 1.18. The molecule has 0 saturated heterocycles. The van der Waals surface area contributed by atoms with Gasteiger partial charge in [0.05, 0.1) is 12.3 Å². The molecule has 1 amide bonds. The molecule has 0 aliphatic heterocycles. The van der Waals surface area contributed by atoms with Crippen LogP contribution in [0.15, 0.2) is 11.8 Å². The van der Waals surface area contributed by atoms with Crippen LogP contribution in [0.5, 0.6) is 0 Å².